The average Bonchev–Trinajstić information content (AvgIpc) is 3.30. The largest absolute Gasteiger partial charge is 0.353 e. The maximum Gasteiger partial charge on any atom is 0.262 e. The number of nitrogens with zero attached hydrogens (tertiary/aromatic N) is 1. The molecule has 214 valence electrons. The van der Waals surface area contributed by atoms with Crippen molar-refractivity contribution in [1.29, 1.82) is 0 Å². The van der Waals surface area contributed by atoms with Crippen LogP contribution in [0.1, 0.15) is 60.2 Å². The second-order valence-electron chi connectivity index (χ2n) is 10.3. The quantitative estimate of drug-likeness (QED) is 0.150. The highest BCUT2D eigenvalue weighted by molar-refractivity contribution is 7.21. The van der Waals surface area contributed by atoms with E-state index in [1.54, 1.807) is 18.2 Å². The standard InChI is InChI=1S/C31H36Cl3N3O2S/c32-25-14-12-22(20-26(25)33)13-15-28(38)35-16-4-1-5-18-37-19-7-9-23(21-37)8-6-17-36-31(39)30-29(34)24-10-2-3-11-27(24)40-30/h2-3,10-15,20,23H,1,4-9,16-19,21H2,(H,35,38)(H,36,39)/b15-13+. The molecule has 9 heteroatoms. The minimum atomic E-state index is -0.104. The molecule has 0 radical (unpaired) electrons. The van der Waals surface area contributed by atoms with E-state index in [4.69, 9.17) is 34.8 Å². The molecule has 1 aliphatic heterocycles. The number of benzene rings is 2. The first-order valence-electron chi connectivity index (χ1n) is 14.0. The number of carbonyl (C=O) groups is 2. The number of fused-ring (bicyclic) bond motifs is 1. The number of unbranched alkanes of at least 4 members (excludes halogenated alkanes) is 2. The van der Waals surface area contributed by atoms with Gasteiger partial charge in [-0.2, -0.15) is 0 Å². The van der Waals surface area contributed by atoms with Crippen molar-refractivity contribution in [2.24, 2.45) is 5.92 Å². The summed E-state index contributed by atoms with van der Waals surface area (Å²) >= 11 is 19.8. The van der Waals surface area contributed by atoms with Crippen molar-refractivity contribution < 1.29 is 9.59 Å². The summed E-state index contributed by atoms with van der Waals surface area (Å²) in [6.07, 6.45) is 11.0. The summed E-state index contributed by atoms with van der Waals surface area (Å²) in [6, 6.07) is 13.1. The van der Waals surface area contributed by atoms with Crippen LogP contribution < -0.4 is 10.6 Å². The number of amides is 2. The van der Waals surface area contributed by atoms with Crippen LogP contribution in [0.2, 0.25) is 15.1 Å². The van der Waals surface area contributed by atoms with Gasteiger partial charge < -0.3 is 15.5 Å². The van der Waals surface area contributed by atoms with E-state index in [9.17, 15) is 9.59 Å². The SMILES string of the molecule is O=C(/C=C/c1ccc(Cl)c(Cl)c1)NCCCCCN1CCCC(CCCNC(=O)c2sc3ccccc3c2Cl)C1. The Morgan fingerprint density at radius 2 is 1.80 bits per heavy atom. The van der Waals surface area contributed by atoms with E-state index >= 15 is 0 Å². The van der Waals surface area contributed by atoms with Gasteiger partial charge in [0, 0.05) is 35.8 Å². The Hall–Kier alpha value is -2.09. The number of hydrogen-bond donors (Lipinski definition) is 2. The Bertz CT molecular complexity index is 1330. The summed E-state index contributed by atoms with van der Waals surface area (Å²) in [7, 11) is 0. The Morgan fingerprint density at radius 3 is 2.62 bits per heavy atom. The van der Waals surface area contributed by atoms with E-state index in [0.717, 1.165) is 67.4 Å². The molecule has 2 heterocycles. The Labute approximate surface area is 255 Å². The highest BCUT2D eigenvalue weighted by Gasteiger charge is 2.20. The highest BCUT2D eigenvalue weighted by atomic mass is 35.5. The maximum absolute atomic E-state index is 12.7. The van der Waals surface area contributed by atoms with Crippen molar-refractivity contribution in [2.75, 3.05) is 32.7 Å². The van der Waals surface area contributed by atoms with Crippen molar-refractivity contribution in [3.8, 4) is 0 Å². The molecular formula is C31H36Cl3N3O2S. The van der Waals surface area contributed by atoms with E-state index in [1.165, 1.54) is 30.3 Å². The number of hydrogen-bond acceptors (Lipinski definition) is 4. The van der Waals surface area contributed by atoms with Crippen molar-refractivity contribution in [1.82, 2.24) is 15.5 Å². The number of thiophene rings is 1. The lowest BCUT2D eigenvalue weighted by atomic mass is 9.93. The van der Waals surface area contributed by atoms with Gasteiger partial charge in [0.05, 0.1) is 15.1 Å². The van der Waals surface area contributed by atoms with Gasteiger partial charge >= 0.3 is 0 Å². The van der Waals surface area contributed by atoms with Crippen molar-refractivity contribution in [3.63, 3.8) is 0 Å². The first-order chi connectivity index (χ1) is 19.4. The van der Waals surface area contributed by atoms with Crippen LogP contribution in [0.3, 0.4) is 0 Å². The predicted molar refractivity (Wildman–Crippen MR) is 170 cm³/mol. The van der Waals surface area contributed by atoms with Crippen molar-refractivity contribution in [3.05, 3.63) is 74.0 Å². The third kappa shape index (κ3) is 9.22. The first kappa shape index (κ1) is 30.9. The Kier molecular flexibility index (Phi) is 12.2. The molecular weight excluding hydrogens is 585 g/mol. The molecule has 3 aromatic rings. The van der Waals surface area contributed by atoms with Crippen molar-refractivity contribution in [2.45, 2.75) is 44.9 Å². The lowest BCUT2D eigenvalue weighted by Crippen LogP contribution is -2.36. The normalized spacial score (nSPS) is 16.0. The highest BCUT2D eigenvalue weighted by Crippen LogP contribution is 2.35. The summed E-state index contributed by atoms with van der Waals surface area (Å²) in [5.41, 5.74) is 0.839. The average molecular weight is 621 g/mol. The summed E-state index contributed by atoms with van der Waals surface area (Å²) in [4.78, 5) is 27.9. The van der Waals surface area contributed by atoms with E-state index < -0.39 is 0 Å². The lowest BCUT2D eigenvalue weighted by molar-refractivity contribution is -0.116. The molecule has 5 nitrogen and oxygen atoms in total. The monoisotopic (exact) mass is 619 g/mol. The van der Waals surface area contributed by atoms with Crippen LogP contribution in [-0.4, -0.2) is 49.4 Å². The van der Waals surface area contributed by atoms with Gasteiger partial charge in [-0.1, -0.05) is 65.5 Å². The fourth-order valence-corrected chi connectivity index (χ4v) is 6.86. The molecule has 40 heavy (non-hydrogen) atoms. The number of likely N-dealkylation sites (tertiary alicyclic amines) is 1. The van der Waals surface area contributed by atoms with Gasteiger partial charge in [0.25, 0.3) is 5.91 Å². The van der Waals surface area contributed by atoms with Gasteiger partial charge in [-0.05, 0) is 87.4 Å². The van der Waals surface area contributed by atoms with E-state index in [0.29, 0.717) is 39.0 Å². The zero-order chi connectivity index (χ0) is 28.3. The molecule has 0 spiro atoms. The number of halogens is 3. The smallest absolute Gasteiger partial charge is 0.262 e. The van der Waals surface area contributed by atoms with Gasteiger partial charge in [-0.3, -0.25) is 9.59 Å². The molecule has 2 amide bonds. The molecule has 0 bridgehead atoms. The minimum absolute atomic E-state index is 0.0739. The maximum atomic E-state index is 12.7. The fourth-order valence-electron chi connectivity index (χ4n) is 5.12. The van der Waals surface area contributed by atoms with Gasteiger partial charge in [-0.15, -0.1) is 11.3 Å². The molecule has 2 N–H and O–H groups in total. The first-order valence-corrected chi connectivity index (χ1v) is 15.9. The summed E-state index contributed by atoms with van der Waals surface area (Å²) in [5, 5.41) is 8.48. The topological polar surface area (TPSA) is 61.4 Å². The van der Waals surface area contributed by atoms with Crippen LogP contribution in [0.25, 0.3) is 16.2 Å². The number of nitrogens with one attached hydrogen (secondary N) is 2. The Balaban J connectivity index is 1.05. The molecule has 1 aromatic heterocycles. The third-order valence-electron chi connectivity index (χ3n) is 7.24. The number of rotatable bonds is 13. The predicted octanol–water partition coefficient (Wildman–Crippen LogP) is 8.08. The van der Waals surface area contributed by atoms with Crippen LogP contribution >= 0.6 is 46.1 Å². The molecule has 1 atom stereocenters. The summed E-state index contributed by atoms with van der Waals surface area (Å²) in [5.74, 6) is 0.503. The van der Waals surface area contributed by atoms with Crippen LogP contribution in [0, 0.1) is 5.92 Å². The minimum Gasteiger partial charge on any atom is -0.353 e. The van der Waals surface area contributed by atoms with Gasteiger partial charge in [0.15, 0.2) is 0 Å². The van der Waals surface area contributed by atoms with Crippen LogP contribution in [-0.2, 0) is 4.79 Å². The lowest BCUT2D eigenvalue weighted by Gasteiger charge is -2.32. The zero-order valence-electron chi connectivity index (χ0n) is 22.6. The molecule has 2 aromatic carbocycles. The molecule has 1 saturated heterocycles. The zero-order valence-corrected chi connectivity index (χ0v) is 25.6. The number of carbonyl (C=O) groups excluding carboxylic acids is 2. The van der Waals surface area contributed by atoms with Gasteiger partial charge in [0.1, 0.15) is 4.88 Å². The second-order valence-corrected chi connectivity index (χ2v) is 12.6. The van der Waals surface area contributed by atoms with Crippen LogP contribution in [0.5, 0.6) is 0 Å². The second kappa shape index (κ2) is 15.8. The van der Waals surface area contributed by atoms with E-state index in [2.05, 4.69) is 15.5 Å². The van der Waals surface area contributed by atoms with Gasteiger partial charge in [-0.25, -0.2) is 0 Å². The molecule has 1 fully saturated rings. The van der Waals surface area contributed by atoms with Crippen molar-refractivity contribution >= 4 is 74.1 Å². The van der Waals surface area contributed by atoms with Crippen LogP contribution in [0.4, 0.5) is 0 Å². The van der Waals surface area contributed by atoms with E-state index in [-0.39, 0.29) is 11.8 Å². The third-order valence-corrected chi connectivity index (χ3v) is 9.65. The van der Waals surface area contributed by atoms with E-state index in [1.807, 2.05) is 30.3 Å². The molecule has 1 aliphatic rings. The summed E-state index contributed by atoms with van der Waals surface area (Å²) < 4.78 is 1.04. The Morgan fingerprint density at radius 1 is 0.975 bits per heavy atom. The fraction of sp³-hybridized carbons (Fsp3) is 0.419. The molecule has 1 unspecified atom stereocenters. The van der Waals surface area contributed by atoms with Gasteiger partial charge in [0.2, 0.25) is 5.91 Å². The number of piperidine rings is 1. The molecule has 0 aliphatic carbocycles. The molecule has 0 saturated carbocycles. The van der Waals surface area contributed by atoms with Crippen LogP contribution in [0.15, 0.2) is 48.5 Å². The summed E-state index contributed by atoms with van der Waals surface area (Å²) in [6.45, 7) is 4.74. The molecule has 4 rings (SSSR count).